The average molecular weight is 281 g/mol. The monoisotopic (exact) mass is 280 g/mol. The third kappa shape index (κ3) is 4.60. The first-order valence-corrected chi connectivity index (χ1v) is 7.21. The summed E-state index contributed by atoms with van der Waals surface area (Å²) in [7, 11) is 0. The van der Waals surface area contributed by atoms with E-state index in [1.165, 1.54) is 31.7 Å². The lowest BCUT2D eigenvalue weighted by Gasteiger charge is -2.45. The highest BCUT2D eigenvalue weighted by Crippen LogP contribution is 2.39. The second-order valence-corrected chi connectivity index (χ2v) is 7.41. The van der Waals surface area contributed by atoms with Crippen molar-refractivity contribution in [3.63, 3.8) is 0 Å². The summed E-state index contributed by atoms with van der Waals surface area (Å²) in [6.45, 7) is 9.50. The minimum absolute atomic E-state index is 0. The molecule has 0 aromatic heterocycles. The maximum Gasteiger partial charge on any atom is 0.0479 e. The van der Waals surface area contributed by atoms with Crippen molar-refractivity contribution in [1.29, 1.82) is 0 Å². The van der Waals surface area contributed by atoms with Gasteiger partial charge in [-0.25, -0.2) is 0 Å². The van der Waals surface area contributed by atoms with Gasteiger partial charge >= 0.3 is 0 Å². The van der Waals surface area contributed by atoms with Crippen molar-refractivity contribution >= 4 is 24.2 Å². The van der Waals surface area contributed by atoms with Crippen molar-refractivity contribution in [1.82, 2.24) is 4.90 Å². The van der Waals surface area contributed by atoms with Gasteiger partial charge in [0.1, 0.15) is 0 Å². The summed E-state index contributed by atoms with van der Waals surface area (Å²) < 4.78 is 5.94. The highest BCUT2D eigenvalue weighted by molar-refractivity contribution is 8.00. The number of nitrogens with zero attached hydrogens (tertiary/aromatic N) is 1. The molecule has 0 bridgehead atoms. The van der Waals surface area contributed by atoms with E-state index in [1.54, 1.807) is 0 Å². The third-order valence-electron chi connectivity index (χ3n) is 3.36. The largest absolute Gasteiger partial charge is 0.381 e. The normalized spacial score (nSPS) is 25.6. The number of rotatable bonds is 2. The van der Waals surface area contributed by atoms with Crippen LogP contribution in [0.4, 0.5) is 0 Å². The van der Waals surface area contributed by atoms with Gasteiger partial charge in [-0.15, -0.1) is 12.4 Å². The number of halogens is 1. The molecule has 3 nitrogen and oxygen atoms in total. The molecule has 0 aliphatic carbocycles. The fraction of sp³-hybridized carbons (Fsp3) is 1.00. The third-order valence-corrected chi connectivity index (χ3v) is 4.90. The van der Waals surface area contributed by atoms with Crippen molar-refractivity contribution in [2.24, 2.45) is 5.73 Å². The molecule has 0 unspecified atom stereocenters. The highest BCUT2D eigenvalue weighted by atomic mass is 35.5. The van der Waals surface area contributed by atoms with Crippen LogP contribution in [0, 0.1) is 0 Å². The molecule has 0 amide bonds. The van der Waals surface area contributed by atoms with E-state index in [-0.39, 0.29) is 17.9 Å². The first-order chi connectivity index (χ1) is 7.49. The van der Waals surface area contributed by atoms with E-state index < -0.39 is 0 Å². The van der Waals surface area contributed by atoms with Crippen molar-refractivity contribution < 1.29 is 4.74 Å². The van der Waals surface area contributed by atoms with E-state index in [0.717, 1.165) is 19.8 Å². The molecule has 0 radical (unpaired) electrons. The second-order valence-electron chi connectivity index (χ2n) is 5.84. The maximum absolute atomic E-state index is 6.11. The van der Waals surface area contributed by atoms with Gasteiger partial charge in [-0.3, -0.25) is 4.90 Å². The van der Waals surface area contributed by atoms with Crippen LogP contribution in [-0.4, -0.2) is 53.8 Å². The highest BCUT2D eigenvalue weighted by Gasteiger charge is 2.38. The zero-order valence-electron chi connectivity index (χ0n) is 10.9. The van der Waals surface area contributed by atoms with Gasteiger partial charge in [-0.2, -0.15) is 11.8 Å². The van der Waals surface area contributed by atoms with E-state index in [4.69, 9.17) is 10.5 Å². The van der Waals surface area contributed by atoms with Crippen molar-refractivity contribution in [3.8, 4) is 0 Å². The molecule has 2 heterocycles. The van der Waals surface area contributed by atoms with Gasteiger partial charge in [0.25, 0.3) is 0 Å². The van der Waals surface area contributed by atoms with Gasteiger partial charge < -0.3 is 10.5 Å². The molecule has 1 spiro atoms. The quantitative estimate of drug-likeness (QED) is 0.836. The Kier molecular flexibility index (Phi) is 5.60. The predicted molar refractivity (Wildman–Crippen MR) is 77.2 cm³/mol. The number of thioether (sulfide) groups is 1. The number of ether oxygens (including phenoxy) is 1. The van der Waals surface area contributed by atoms with E-state index in [2.05, 4.69) is 30.5 Å². The standard InChI is InChI=1S/C12H24N2OS.ClH/c1-11(2,13)9-14-5-8-16-12(10-14)3-6-15-7-4-12;/h3-10,13H2,1-2H3;1H. The molecule has 2 aliphatic rings. The van der Waals surface area contributed by atoms with Gasteiger partial charge in [0.2, 0.25) is 0 Å². The Labute approximate surface area is 115 Å². The Morgan fingerprint density at radius 1 is 1.35 bits per heavy atom. The molecule has 17 heavy (non-hydrogen) atoms. The molecule has 0 saturated carbocycles. The van der Waals surface area contributed by atoms with Crippen LogP contribution in [-0.2, 0) is 4.74 Å². The lowest BCUT2D eigenvalue weighted by atomic mass is 9.96. The Bertz CT molecular complexity index is 234. The molecular weight excluding hydrogens is 256 g/mol. The Morgan fingerprint density at radius 3 is 2.59 bits per heavy atom. The van der Waals surface area contributed by atoms with E-state index in [1.807, 2.05) is 0 Å². The van der Waals surface area contributed by atoms with Crippen LogP contribution >= 0.6 is 24.2 Å². The van der Waals surface area contributed by atoms with E-state index in [0.29, 0.717) is 4.75 Å². The van der Waals surface area contributed by atoms with Crippen molar-refractivity contribution in [3.05, 3.63) is 0 Å². The fourth-order valence-electron chi connectivity index (χ4n) is 2.68. The predicted octanol–water partition coefficient (Wildman–Crippen LogP) is 1.74. The van der Waals surface area contributed by atoms with Gasteiger partial charge in [-0.05, 0) is 26.7 Å². The molecule has 102 valence electrons. The molecule has 5 heteroatoms. The average Bonchev–Trinajstić information content (AvgIpc) is 2.16. The zero-order valence-corrected chi connectivity index (χ0v) is 12.5. The van der Waals surface area contributed by atoms with Crippen LogP contribution in [0.25, 0.3) is 0 Å². The molecule has 0 aromatic carbocycles. The van der Waals surface area contributed by atoms with Crippen LogP contribution in [0.1, 0.15) is 26.7 Å². The Hall–Kier alpha value is 0.520. The van der Waals surface area contributed by atoms with Crippen LogP contribution in [0.15, 0.2) is 0 Å². The number of hydrogen-bond donors (Lipinski definition) is 1. The van der Waals surface area contributed by atoms with Crippen LogP contribution in [0.3, 0.4) is 0 Å². The molecule has 2 fully saturated rings. The molecule has 2 aliphatic heterocycles. The summed E-state index contributed by atoms with van der Waals surface area (Å²) >= 11 is 2.15. The SMILES string of the molecule is CC(C)(N)CN1CCSC2(CCOCC2)C1.Cl. The van der Waals surface area contributed by atoms with Crippen LogP contribution in [0.5, 0.6) is 0 Å². The minimum Gasteiger partial charge on any atom is -0.381 e. The number of nitrogens with two attached hydrogens (primary N) is 1. The van der Waals surface area contributed by atoms with E-state index >= 15 is 0 Å². The van der Waals surface area contributed by atoms with Gasteiger partial charge in [-0.1, -0.05) is 0 Å². The smallest absolute Gasteiger partial charge is 0.0479 e. The second kappa shape index (κ2) is 6.11. The first-order valence-electron chi connectivity index (χ1n) is 6.22. The molecule has 2 rings (SSSR count). The molecule has 0 aromatic rings. The summed E-state index contributed by atoms with van der Waals surface area (Å²) in [5.74, 6) is 1.25. The minimum atomic E-state index is -0.0750. The summed E-state index contributed by atoms with van der Waals surface area (Å²) in [5, 5.41) is 0. The molecular formula is C12H25ClN2OS. The molecule has 2 N–H and O–H groups in total. The molecule has 2 saturated heterocycles. The first kappa shape index (κ1) is 15.6. The van der Waals surface area contributed by atoms with Crippen molar-refractivity contribution in [2.75, 3.05) is 38.6 Å². The lowest BCUT2D eigenvalue weighted by molar-refractivity contribution is 0.0611. The summed E-state index contributed by atoms with van der Waals surface area (Å²) in [4.78, 5) is 2.54. The fourth-order valence-corrected chi connectivity index (χ4v) is 4.19. The topological polar surface area (TPSA) is 38.5 Å². The zero-order chi connectivity index (χ0) is 11.6. The number of hydrogen-bond acceptors (Lipinski definition) is 4. The van der Waals surface area contributed by atoms with Crippen molar-refractivity contribution in [2.45, 2.75) is 37.0 Å². The Balaban J connectivity index is 0.00000144. The van der Waals surface area contributed by atoms with Gasteiger partial charge in [0.05, 0.1) is 0 Å². The Morgan fingerprint density at radius 2 is 2.00 bits per heavy atom. The van der Waals surface area contributed by atoms with E-state index in [9.17, 15) is 0 Å². The van der Waals surface area contributed by atoms with Gasteiger partial charge in [0.15, 0.2) is 0 Å². The summed E-state index contributed by atoms with van der Waals surface area (Å²) in [5.41, 5.74) is 6.04. The summed E-state index contributed by atoms with van der Waals surface area (Å²) in [6.07, 6.45) is 2.42. The summed E-state index contributed by atoms with van der Waals surface area (Å²) in [6, 6.07) is 0. The lowest BCUT2D eigenvalue weighted by Crippen LogP contribution is -2.54. The van der Waals surface area contributed by atoms with Crippen LogP contribution < -0.4 is 5.73 Å². The van der Waals surface area contributed by atoms with Crippen LogP contribution in [0.2, 0.25) is 0 Å². The maximum atomic E-state index is 6.11. The van der Waals surface area contributed by atoms with Gasteiger partial charge in [0, 0.05) is 48.9 Å². The molecule has 0 atom stereocenters.